The first kappa shape index (κ1) is 20.3. The fraction of sp³-hybridized carbons (Fsp3) is 0.136. The minimum absolute atomic E-state index is 0.204. The zero-order chi connectivity index (χ0) is 21.6. The van der Waals surface area contributed by atoms with E-state index in [9.17, 15) is 5.26 Å². The molecule has 2 heterocycles. The Hall–Kier alpha value is -3.96. The summed E-state index contributed by atoms with van der Waals surface area (Å²) in [5.74, 6) is 0.950. The molecule has 1 N–H and O–H groups in total. The first-order chi connectivity index (χ1) is 15.1. The van der Waals surface area contributed by atoms with Crippen molar-refractivity contribution >= 4 is 23.2 Å². The number of rotatable bonds is 7. The SMILES string of the molecule is CC(Cn1cncn1)Oc1cc(-c2cnc(Nc3cccc(Cl)c3)nc2)ccc1C#N. The van der Waals surface area contributed by atoms with E-state index in [1.54, 1.807) is 41.6 Å². The van der Waals surface area contributed by atoms with Gasteiger partial charge in [-0.05, 0) is 42.8 Å². The van der Waals surface area contributed by atoms with Gasteiger partial charge in [0, 0.05) is 28.7 Å². The molecular formula is C22H18ClN7O. The quantitative estimate of drug-likeness (QED) is 0.460. The summed E-state index contributed by atoms with van der Waals surface area (Å²) in [4.78, 5) is 12.7. The van der Waals surface area contributed by atoms with Gasteiger partial charge in [0.05, 0.1) is 12.1 Å². The second-order valence-corrected chi connectivity index (χ2v) is 7.24. The van der Waals surface area contributed by atoms with Gasteiger partial charge in [-0.15, -0.1) is 0 Å². The zero-order valence-corrected chi connectivity index (χ0v) is 17.4. The van der Waals surface area contributed by atoms with Crippen LogP contribution in [0.15, 0.2) is 67.5 Å². The summed E-state index contributed by atoms with van der Waals surface area (Å²) in [6.07, 6.45) is 6.31. The fourth-order valence-electron chi connectivity index (χ4n) is 2.97. The van der Waals surface area contributed by atoms with Gasteiger partial charge in [0.1, 0.15) is 30.6 Å². The molecule has 0 saturated heterocycles. The van der Waals surface area contributed by atoms with Crippen LogP contribution in [0.4, 0.5) is 11.6 Å². The standard InChI is InChI=1S/C22H18ClN7O/c1-15(12-30-14-25-13-28-30)31-21-7-16(5-6-17(21)9-24)18-10-26-22(27-11-18)29-20-4-2-3-19(23)8-20/h2-8,10-11,13-15H,12H2,1H3,(H,26,27,29). The molecule has 4 rings (SSSR count). The van der Waals surface area contributed by atoms with Gasteiger partial charge >= 0.3 is 0 Å². The zero-order valence-electron chi connectivity index (χ0n) is 16.6. The van der Waals surface area contributed by atoms with Crippen molar-refractivity contribution in [2.45, 2.75) is 19.6 Å². The molecule has 2 aromatic heterocycles. The number of nitrogens with one attached hydrogen (secondary N) is 1. The Bertz CT molecular complexity index is 1200. The first-order valence-corrected chi connectivity index (χ1v) is 9.87. The number of benzene rings is 2. The molecule has 1 unspecified atom stereocenters. The van der Waals surface area contributed by atoms with Crippen molar-refractivity contribution in [3.05, 3.63) is 78.1 Å². The molecular weight excluding hydrogens is 414 g/mol. The molecule has 8 nitrogen and oxygen atoms in total. The van der Waals surface area contributed by atoms with Crippen molar-refractivity contribution in [2.75, 3.05) is 5.32 Å². The third-order valence-corrected chi connectivity index (χ3v) is 4.64. The monoisotopic (exact) mass is 431 g/mol. The van der Waals surface area contributed by atoms with Gasteiger partial charge in [0.15, 0.2) is 0 Å². The smallest absolute Gasteiger partial charge is 0.227 e. The third kappa shape index (κ3) is 5.15. The number of hydrogen-bond donors (Lipinski definition) is 1. The van der Waals surface area contributed by atoms with Crippen LogP contribution >= 0.6 is 11.6 Å². The van der Waals surface area contributed by atoms with Gasteiger partial charge in [0.2, 0.25) is 5.95 Å². The topological polar surface area (TPSA) is 102 Å². The highest BCUT2D eigenvalue weighted by Crippen LogP contribution is 2.28. The van der Waals surface area contributed by atoms with Crippen LogP contribution in [0.25, 0.3) is 11.1 Å². The maximum atomic E-state index is 9.45. The van der Waals surface area contributed by atoms with E-state index >= 15 is 0 Å². The van der Waals surface area contributed by atoms with E-state index in [0.29, 0.717) is 28.8 Å². The third-order valence-electron chi connectivity index (χ3n) is 4.41. The molecule has 154 valence electrons. The lowest BCUT2D eigenvalue weighted by Crippen LogP contribution is -2.20. The predicted octanol–water partition coefficient (Wildman–Crippen LogP) is 4.47. The summed E-state index contributed by atoms with van der Waals surface area (Å²) >= 11 is 6.01. The molecule has 0 radical (unpaired) electrons. The number of ether oxygens (including phenoxy) is 1. The van der Waals surface area contributed by atoms with E-state index in [0.717, 1.165) is 16.8 Å². The number of hydrogen-bond acceptors (Lipinski definition) is 7. The van der Waals surface area contributed by atoms with Crippen molar-refractivity contribution in [3.8, 4) is 22.9 Å². The van der Waals surface area contributed by atoms with E-state index in [4.69, 9.17) is 16.3 Å². The van der Waals surface area contributed by atoms with E-state index < -0.39 is 0 Å². The molecule has 0 amide bonds. The van der Waals surface area contributed by atoms with Gasteiger partial charge in [0.25, 0.3) is 0 Å². The van der Waals surface area contributed by atoms with Crippen LogP contribution in [0.3, 0.4) is 0 Å². The number of nitriles is 1. The fourth-order valence-corrected chi connectivity index (χ4v) is 3.16. The highest BCUT2D eigenvalue weighted by atomic mass is 35.5. The molecule has 0 aliphatic rings. The Morgan fingerprint density at radius 1 is 1.16 bits per heavy atom. The molecule has 2 aromatic carbocycles. The lowest BCUT2D eigenvalue weighted by Gasteiger charge is -2.16. The average Bonchev–Trinajstić information content (AvgIpc) is 3.27. The summed E-state index contributed by atoms with van der Waals surface area (Å²) < 4.78 is 7.69. The maximum absolute atomic E-state index is 9.45. The molecule has 1 atom stereocenters. The van der Waals surface area contributed by atoms with Crippen LogP contribution in [0.2, 0.25) is 5.02 Å². The van der Waals surface area contributed by atoms with Crippen molar-refractivity contribution in [1.82, 2.24) is 24.7 Å². The van der Waals surface area contributed by atoms with Crippen LogP contribution in [-0.4, -0.2) is 30.8 Å². The maximum Gasteiger partial charge on any atom is 0.227 e. The molecule has 0 aliphatic heterocycles. The Morgan fingerprint density at radius 3 is 2.71 bits per heavy atom. The van der Waals surface area contributed by atoms with Crippen LogP contribution < -0.4 is 10.1 Å². The molecule has 4 aromatic rings. The molecule has 0 saturated carbocycles. The lowest BCUT2D eigenvalue weighted by molar-refractivity contribution is 0.193. The predicted molar refractivity (Wildman–Crippen MR) is 117 cm³/mol. The highest BCUT2D eigenvalue weighted by molar-refractivity contribution is 6.30. The Kier molecular flexibility index (Phi) is 6.05. The molecule has 0 spiro atoms. The highest BCUT2D eigenvalue weighted by Gasteiger charge is 2.12. The number of halogens is 1. The van der Waals surface area contributed by atoms with E-state index in [-0.39, 0.29) is 6.10 Å². The van der Waals surface area contributed by atoms with Crippen molar-refractivity contribution in [1.29, 1.82) is 5.26 Å². The van der Waals surface area contributed by atoms with E-state index in [1.807, 2.05) is 31.2 Å². The average molecular weight is 432 g/mol. The minimum atomic E-state index is -0.204. The van der Waals surface area contributed by atoms with Gasteiger partial charge < -0.3 is 10.1 Å². The summed E-state index contributed by atoms with van der Waals surface area (Å²) in [5, 5.41) is 17.3. The van der Waals surface area contributed by atoms with Crippen LogP contribution in [0, 0.1) is 11.3 Å². The van der Waals surface area contributed by atoms with Crippen molar-refractivity contribution < 1.29 is 4.74 Å². The Balaban J connectivity index is 1.51. The van der Waals surface area contributed by atoms with Gasteiger partial charge in [-0.25, -0.2) is 19.6 Å². The molecule has 0 fully saturated rings. The van der Waals surface area contributed by atoms with Crippen LogP contribution in [0.1, 0.15) is 12.5 Å². The normalized spacial score (nSPS) is 11.5. The van der Waals surface area contributed by atoms with Crippen molar-refractivity contribution in [3.63, 3.8) is 0 Å². The largest absolute Gasteiger partial charge is 0.487 e. The van der Waals surface area contributed by atoms with Gasteiger partial charge in [-0.3, -0.25) is 0 Å². The second kappa shape index (κ2) is 9.24. The number of nitrogens with zero attached hydrogens (tertiary/aromatic N) is 6. The van der Waals surface area contributed by atoms with Gasteiger partial charge in [-0.2, -0.15) is 10.4 Å². The van der Waals surface area contributed by atoms with Crippen molar-refractivity contribution in [2.24, 2.45) is 0 Å². The molecule has 0 aliphatic carbocycles. The van der Waals surface area contributed by atoms with Crippen LogP contribution in [-0.2, 0) is 6.54 Å². The number of anilines is 2. The lowest BCUT2D eigenvalue weighted by atomic mass is 10.1. The first-order valence-electron chi connectivity index (χ1n) is 9.49. The van der Waals surface area contributed by atoms with E-state index in [1.165, 1.54) is 6.33 Å². The van der Waals surface area contributed by atoms with E-state index in [2.05, 4.69) is 31.4 Å². The molecule has 0 bridgehead atoms. The molecule has 31 heavy (non-hydrogen) atoms. The van der Waals surface area contributed by atoms with Gasteiger partial charge in [-0.1, -0.05) is 23.7 Å². The van der Waals surface area contributed by atoms with Crippen LogP contribution in [0.5, 0.6) is 5.75 Å². The Morgan fingerprint density at radius 2 is 2.00 bits per heavy atom. The number of aromatic nitrogens is 5. The minimum Gasteiger partial charge on any atom is -0.487 e. The molecule has 9 heteroatoms. The summed E-state index contributed by atoms with van der Waals surface area (Å²) in [6.45, 7) is 2.43. The summed E-state index contributed by atoms with van der Waals surface area (Å²) in [6, 6.07) is 14.9. The summed E-state index contributed by atoms with van der Waals surface area (Å²) in [7, 11) is 0. The summed E-state index contributed by atoms with van der Waals surface area (Å²) in [5.41, 5.74) is 2.90. The second-order valence-electron chi connectivity index (χ2n) is 6.80. The Labute approximate surface area is 184 Å².